The molecule has 0 radical (unpaired) electrons. The molecule has 0 aliphatic rings. The molecule has 3 rings (SSSR count). The van der Waals surface area contributed by atoms with Gasteiger partial charge in [0.25, 0.3) is 10.0 Å². The number of hydrogen-bond acceptors (Lipinski definition) is 5. The summed E-state index contributed by atoms with van der Waals surface area (Å²) >= 11 is 0. The fourth-order valence-electron chi connectivity index (χ4n) is 2.32. The highest BCUT2D eigenvalue weighted by atomic mass is 32.2. The minimum atomic E-state index is -3.79. The monoisotopic (exact) mass is 361 g/mol. The van der Waals surface area contributed by atoms with Crippen molar-refractivity contribution in [2.45, 2.75) is 18.7 Å². The lowest BCUT2D eigenvalue weighted by molar-refractivity contribution is 0.400. The molecule has 25 heavy (non-hydrogen) atoms. The van der Waals surface area contributed by atoms with Gasteiger partial charge in [-0.25, -0.2) is 12.8 Å². The molecule has 1 heterocycles. The zero-order chi connectivity index (χ0) is 18.0. The van der Waals surface area contributed by atoms with Crippen LogP contribution in [0.5, 0.6) is 0 Å². The van der Waals surface area contributed by atoms with Crippen molar-refractivity contribution in [3.63, 3.8) is 0 Å². The second-order valence-corrected chi connectivity index (χ2v) is 7.19. The molecule has 0 spiro atoms. The zero-order valence-corrected chi connectivity index (χ0v) is 14.4. The Morgan fingerprint density at radius 1 is 1.00 bits per heavy atom. The first-order valence-electron chi connectivity index (χ1n) is 7.43. The van der Waals surface area contributed by atoms with Crippen LogP contribution < -0.4 is 10.0 Å². The van der Waals surface area contributed by atoms with E-state index in [1.54, 1.807) is 44.2 Å². The van der Waals surface area contributed by atoms with E-state index >= 15 is 0 Å². The smallest absolute Gasteiger partial charge is 0.262 e. The molecule has 3 aromatic rings. The van der Waals surface area contributed by atoms with Crippen LogP contribution in [0.4, 0.5) is 21.6 Å². The Morgan fingerprint density at radius 2 is 1.68 bits per heavy atom. The van der Waals surface area contributed by atoms with E-state index in [-0.39, 0.29) is 4.90 Å². The topological polar surface area (TPSA) is 84.2 Å². The molecule has 0 fully saturated rings. The molecule has 0 amide bonds. The molecule has 0 unspecified atom stereocenters. The number of benzene rings is 2. The summed E-state index contributed by atoms with van der Waals surface area (Å²) in [5.74, 6) is 0.768. The lowest BCUT2D eigenvalue weighted by Crippen LogP contribution is -2.14. The molecule has 0 atom stereocenters. The van der Waals surface area contributed by atoms with Crippen LogP contribution in [0.2, 0.25) is 0 Å². The summed E-state index contributed by atoms with van der Waals surface area (Å²) in [7, 11) is -3.79. The Kier molecular flexibility index (Phi) is 4.45. The molecule has 130 valence electrons. The number of rotatable bonds is 5. The Bertz CT molecular complexity index is 998. The first-order chi connectivity index (χ1) is 11.8. The lowest BCUT2D eigenvalue weighted by Gasteiger charge is -2.11. The maximum atomic E-state index is 13.2. The molecule has 2 N–H and O–H groups in total. The Hall–Kier alpha value is -2.87. The van der Waals surface area contributed by atoms with Gasteiger partial charge in [-0.3, -0.25) is 4.72 Å². The lowest BCUT2D eigenvalue weighted by atomic mass is 10.2. The predicted molar refractivity (Wildman–Crippen MR) is 92.9 cm³/mol. The summed E-state index contributed by atoms with van der Waals surface area (Å²) < 4.78 is 45.5. The van der Waals surface area contributed by atoms with Crippen molar-refractivity contribution < 1.29 is 17.3 Å². The Balaban J connectivity index is 1.76. The summed E-state index contributed by atoms with van der Waals surface area (Å²) in [6.07, 6.45) is 0. The summed E-state index contributed by atoms with van der Waals surface area (Å²) in [6, 6.07) is 11.9. The highest BCUT2D eigenvalue weighted by molar-refractivity contribution is 7.92. The van der Waals surface area contributed by atoms with Gasteiger partial charge in [0.15, 0.2) is 5.82 Å². The molecular formula is C17H16FN3O3S. The van der Waals surface area contributed by atoms with E-state index in [0.717, 1.165) is 11.8 Å². The summed E-state index contributed by atoms with van der Waals surface area (Å²) in [5, 5.41) is 6.86. The molecule has 6 nitrogen and oxygen atoms in total. The van der Waals surface area contributed by atoms with Crippen LogP contribution in [0, 0.1) is 19.7 Å². The fourth-order valence-corrected chi connectivity index (χ4v) is 3.61. The van der Waals surface area contributed by atoms with Gasteiger partial charge in [-0.15, -0.1) is 0 Å². The molecule has 1 aromatic heterocycles. The van der Waals surface area contributed by atoms with E-state index in [1.165, 1.54) is 12.1 Å². The minimum Gasteiger partial charge on any atom is -0.360 e. The second kappa shape index (κ2) is 6.56. The number of aromatic nitrogens is 1. The van der Waals surface area contributed by atoms with Gasteiger partial charge < -0.3 is 9.84 Å². The highest BCUT2D eigenvalue weighted by Gasteiger charge is 2.17. The van der Waals surface area contributed by atoms with Crippen LogP contribution in [0.15, 0.2) is 57.9 Å². The van der Waals surface area contributed by atoms with Crippen molar-refractivity contribution in [1.82, 2.24) is 5.16 Å². The maximum Gasteiger partial charge on any atom is 0.262 e. The Labute approximate surface area is 144 Å². The number of nitrogens with zero attached hydrogens (tertiary/aromatic N) is 1. The van der Waals surface area contributed by atoms with Gasteiger partial charge in [0.1, 0.15) is 11.6 Å². The van der Waals surface area contributed by atoms with Crippen molar-refractivity contribution >= 4 is 27.2 Å². The van der Waals surface area contributed by atoms with Crippen LogP contribution in [-0.4, -0.2) is 13.6 Å². The summed E-state index contributed by atoms with van der Waals surface area (Å²) in [5.41, 5.74) is 1.46. The molecule has 0 saturated carbocycles. The average Bonchev–Trinajstić information content (AvgIpc) is 2.93. The van der Waals surface area contributed by atoms with E-state index in [1.807, 2.05) is 0 Å². The van der Waals surface area contributed by atoms with Crippen molar-refractivity contribution in [2.75, 3.05) is 10.0 Å². The maximum absolute atomic E-state index is 13.2. The van der Waals surface area contributed by atoms with Crippen molar-refractivity contribution in [3.05, 3.63) is 65.7 Å². The fraction of sp³-hybridized carbons (Fsp3) is 0.118. The van der Waals surface area contributed by atoms with Gasteiger partial charge in [-0.05, 0) is 61.9 Å². The van der Waals surface area contributed by atoms with E-state index in [2.05, 4.69) is 15.2 Å². The minimum absolute atomic E-state index is 0.0363. The standard InChI is InChI=1S/C17H16FN3O3S/c1-11-9-13(18)3-8-16(11)25(22,23)21-15-6-4-14(5-7-15)19-17-10-12(2)24-20-17/h3-10,21H,1-2H3,(H,19,20). The third kappa shape index (κ3) is 3.97. The number of sulfonamides is 1. The van der Waals surface area contributed by atoms with Crippen LogP contribution in [0.25, 0.3) is 0 Å². The average molecular weight is 361 g/mol. The molecule has 0 aliphatic carbocycles. The van der Waals surface area contributed by atoms with Gasteiger partial charge in [-0.1, -0.05) is 5.16 Å². The molecule has 0 saturated heterocycles. The molecule has 0 bridgehead atoms. The van der Waals surface area contributed by atoms with E-state index < -0.39 is 15.8 Å². The number of aryl methyl sites for hydroxylation is 2. The van der Waals surface area contributed by atoms with Crippen LogP contribution in [-0.2, 0) is 10.0 Å². The van der Waals surface area contributed by atoms with Gasteiger partial charge in [0, 0.05) is 17.4 Å². The van der Waals surface area contributed by atoms with E-state index in [4.69, 9.17) is 4.52 Å². The van der Waals surface area contributed by atoms with Crippen LogP contribution in [0.3, 0.4) is 0 Å². The first-order valence-corrected chi connectivity index (χ1v) is 8.91. The first kappa shape index (κ1) is 17.0. The third-order valence-electron chi connectivity index (χ3n) is 3.46. The van der Waals surface area contributed by atoms with Crippen molar-refractivity contribution in [2.24, 2.45) is 0 Å². The van der Waals surface area contributed by atoms with Gasteiger partial charge in [0.05, 0.1) is 4.90 Å². The second-order valence-electron chi connectivity index (χ2n) is 5.54. The van der Waals surface area contributed by atoms with Gasteiger partial charge in [0.2, 0.25) is 0 Å². The normalized spacial score (nSPS) is 11.3. The number of anilines is 3. The number of hydrogen-bond donors (Lipinski definition) is 2. The number of halogens is 1. The quantitative estimate of drug-likeness (QED) is 0.718. The van der Waals surface area contributed by atoms with Gasteiger partial charge in [-0.2, -0.15) is 0 Å². The van der Waals surface area contributed by atoms with Crippen LogP contribution >= 0.6 is 0 Å². The van der Waals surface area contributed by atoms with E-state index in [9.17, 15) is 12.8 Å². The molecule has 0 aliphatic heterocycles. The molecule has 8 heteroatoms. The van der Waals surface area contributed by atoms with Crippen molar-refractivity contribution in [3.8, 4) is 0 Å². The summed E-state index contributed by atoms with van der Waals surface area (Å²) in [4.78, 5) is 0.0363. The Morgan fingerprint density at radius 3 is 2.28 bits per heavy atom. The van der Waals surface area contributed by atoms with Crippen LogP contribution in [0.1, 0.15) is 11.3 Å². The summed E-state index contributed by atoms with van der Waals surface area (Å²) in [6.45, 7) is 3.33. The molecular weight excluding hydrogens is 345 g/mol. The van der Waals surface area contributed by atoms with E-state index in [0.29, 0.717) is 22.8 Å². The highest BCUT2D eigenvalue weighted by Crippen LogP contribution is 2.22. The van der Waals surface area contributed by atoms with Crippen molar-refractivity contribution in [1.29, 1.82) is 0 Å². The third-order valence-corrected chi connectivity index (χ3v) is 5.01. The largest absolute Gasteiger partial charge is 0.360 e. The zero-order valence-electron chi connectivity index (χ0n) is 13.6. The SMILES string of the molecule is Cc1cc(Nc2ccc(NS(=O)(=O)c3ccc(F)cc3C)cc2)no1. The molecule has 2 aromatic carbocycles. The van der Waals surface area contributed by atoms with Gasteiger partial charge >= 0.3 is 0 Å². The predicted octanol–water partition coefficient (Wildman–Crippen LogP) is 3.97. The number of nitrogens with one attached hydrogen (secondary N) is 2.